The molecule has 3 aromatic rings. The summed E-state index contributed by atoms with van der Waals surface area (Å²) in [4.78, 5) is 41.5. The van der Waals surface area contributed by atoms with Crippen LogP contribution in [0.5, 0.6) is 5.75 Å². The van der Waals surface area contributed by atoms with Gasteiger partial charge in [0.1, 0.15) is 11.6 Å². The van der Waals surface area contributed by atoms with Gasteiger partial charge in [-0.05, 0) is 43.4 Å². The average molecular weight is 542 g/mol. The number of piperidine rings is 1. The molecule has 8 nitrogen and oxygen atoms in total. The molecule has 2 aliphatic heterocycles. The van der Waals surface area contributed by atoms with Crippen molar-refractivity contribution in [1.82, 2.24) is 19.8 Å². The van der Waals surface area contributed by atoms with Gasteiger partial charge in [-0.3, -0.25) is 14.6 Å². The molecule has 1 aromatic heterocycles. The minimum atomic E-state index is -0.0630. The predicted octanol–water partition coefficient (Wildman–Crippen LogP) is 4.82. The van der Waals surface area contributed by atoms with Gasteiger partial charge in [-0.1, -0.05) is 49.4 Å². The fourth-order valence-corrected chi connectivity index (χ4v) is 5.83. The molecule has 2 aromatic carbocycles. The highest BCUT2D eigenvalue weighted by molar-refractivity contribution is 5.97. The van der Waals surface area contributed by atoms with Crippen molar-refractivity contribution in [1.29, 1.82) is 0 Å². The zero-order chi connectivity index (χ0) is 27.8. The van der Waals surface area contributed by atoms with Crippen LogP contribution in [-0.4, -0.2) is 70.9 Å². The normalized spacial score (nSPS) is 18.2. The topological polar surface area (TPSA) is 78.9 Å². The molecule has 0 bridgehead atoms. The predicted molar refractivity (Wildman–Crippen MR) is 155 cm³/mol. The van der Waals surface area contributed by atoms with Crippen molar-refractivity contribution < 1.29 is 14.3 Å². The van der Waals surface area contributed by atoms with Crippen molar-refractivity contribution in [2.24, 2.45) is 5.41 Å². The van der Waals surface area contributed by atoms with E-state index in [9.17, 15) is 9.59 Å². The first-order chi connectivity index (χ1) is 19.6. The van der Waals surface area contributed by atoms with Gasteiger partial charge in [0.25, 0.3) is 5.91 Å². The molecular weight excluding hydrogens is 502 g/mol. The SMILES string of the molecule is CCC(=O)N1CCC2(CCCN(c3cnccn3)CCN(Cc3ccccc3)C(=O)c3ccccc3OC2)CC1. The maximum absolute atomic E-state index is 14.1. The molecule has 0 radical (unpaired) electrons. The standard InChI is InChI=1S/C32H39N5O3/c1-2-30(38)36-19-14-32(15-20-36)13-8-18-35(29-23-33-16-17-34-29)21-22-37(24-26-9-4-3-5-10-26)31(39)27-11-6-7-12-28(27)40-25-32/h3-7,9-12,16-17,23H,2,8,13-15,18-22,24-25H2,1H3. The summed E-state index contributed by atoms with van der Waals surface area (Å²) in [5, 5.41) is 0. The van der Waals surface area contributed by atoms with Crippen LogP contribution >= 0.6 is 0 Å². The molecule has 0 N–H and O–H groups in total. The Bertz CT molecular complexity index is 1260. The Hall–Kier alpha value is -3.94. The molecule has 0 aliphatic carbocycles. The van der Waals surface area contributed by atoms with E-state index in [4.69, 9.17) is 4.74 Å². The van der Waals surface area contributed by atoms with Crippen LogP contribution in [0.15, 0.2) is 73.2 Å². The molecule has 8 heteroatoms. The summed E-state index contributed by atoms with van der Waals surface area (Å²) in [5.41, 5.74) is 1.60. The van der Waals surface area contributed by atoms with E-state index < -0.39 is 0 Å². The van der Waals surface area contributed by atoms with Crippen LogP contribution < -0.4 is 9.64 Å². The summed E-state index contributed by atoms with van der Waals surface area (Å²) in [6.45, 7) is 6.43. The number of rotatable bonds is 4. The molecule has 40 heavy (non-hydrogen) atoms. The van der Waals surface area contributed by atoms with E-state index >= 15 is 0 Å². The molecule has 1 spiro atoms. The quantitative estimate of drug-likeness (QED) is 0.472. The summed E-state index contributed by atoms with van der Waals surface area (Å²) in [6.07, 6.45) is 9.44. The Balaban J connectivity index is 1.45. The van der Waals surface area contributed by atoms with Gasteiger partial charge in [0.2, 0.25) is 5.91 Å². The molecule has 0 saturated carbocycles. The number of carbonyl (C=O) groups is 2. The van der Waals surface area contributed by atoms with Crippen LogP contribution in [0.3, 0.4) is 0 Å². The van der Waals surface area contributed by atoms with Gasteiger partial charge in [-0.2, -0.15) is 0 Å². The van der Waals surface area contributed by atoms with Gasteiger partial charge in [0.05, 0.1) is 18.4 Å². The van der Waals surface area contributed by atoms with Gasteiger partial charge < -0.3 is 19.4 Å². The molecule has 1 saturated heterocycles. The van der Waals surface area contributed by atoms with Gasteiger partial charge in [-0.15, -0.1) is 0 Å². The lowest BCUT2D eigenvalue weighted by molar-refractivity contribution is -0.133. The largest absolute Gasteiger partial charge is 0.492 e. The van der Waals surface area contributed by atoms with Crippen LogP contribution in [0.2, 0.25) is 0 Å². The van der Waals surface area contributed by atoms with Gasteiger partial charge in [0, 0.05) is 63.5 Å². The van der Waals surface area contributed by atoms with E-state index in [1.54, 1.807) is 18.6 Å². The van der Waals surface area contributed by atoms with E-state index in [2.05, 4.69) is 27.0 Å². The number of ether oxygens (including phenoxy) is 1. The third-order valence-corrected chi connectivity index (χ3v) is 8.28. The Morgan fingerprint density at radius 1 is 0.925 bits per heavy atom. The molecule has 5 rings (SSSR count). The maximum atomic E-state index is 14.1. The van der Waals surface area contributed by atoms with E-state index in [0.29, 0.717) is 44.0 Å². The smallest absolute Gasteiger partial charge is 0.257 e. The monoisotopic (exact) mass is 541 g/mol. The lowest BCUT2D eigenvalue weighted by Crippen LogP contribution is -2.45. The van der Waals surface area contributed by atoms with Gasteiger partial charge in [-0.25, -0.2) is 4.98 Å². The van der Waals surface area contributed by atoms with Crippen LogP contribution in [0.4, 0.5) is 5.82 Å². The maximum Gasteiger partial charge on any atom is 0.257 e. The highest BCUT2D eigenvalue weighted by atomic mass is 16.5. The molecule has 0 unspecified atom stereocenters. The molecular formula is C32H39N5O3. The molecule has 0 atom stereocenters. The van der Waals surface area contributed by atoms with Crippen LogP contribution in [0, 0.1) is 5.41 Å². The summed E-state index contributed by atoms with van der Waals surface area (Å²) < 4.78 is 6.51. The lowest BCUT2D eigenvalue weighted by Gasteiger charge is -2.42. The third-order valence-electron chi connectivity index (χ3n) is 8.28. The number of likely N-dealkylation sites (tertiary alicyclic amines) is 1. The third kappa shape index (κ3) is 6.61. The first-order valence-electron chi connectivity index (χ1n) is 14.4. The van der Waals surface area contributed by atoms with Crippen LogP contribution in [-0.2, 0) is 11.3 Å². The number of hydrogen-bond donors (Lipinski definition) is 0. The fourth-order valence-electron chi connectivity index (χ4n) is 5.83. The second kappa shape index (κ2) is 12.9. The van der Waals surface area contributed by atoms with E-state index in [1.807, 2.05) is 59.2 Å². The molecule has 210 valence electrons. The highest BCUT2D eigenvalue weighted by Gasteiger charge is 2.37. The van der Waals surface area contributed by atoms with E-state index in [0.717, 1.165) is 56.7 Å². The van der Waals surface area contributed by atoms with Crippen molar-refractivity contribution >= 4 is 17.6 Å². The Kier molecular flexibility index (Phi) is 8.94. The Morgan fingerprint density at radius 2 is 1.70 bits per heavy atom. The van der Waals surface area contributed by atoms with Crippen molar-refractivity contribution in [3.8, 4) is 5.75 Å². The number of benzene rings is 2. The van der Waals surface area contributed by atoms with Crippen LogP contribution in [0.25, 0.3) is 0 Å². The first-order valence-corrected chi connectivity index (χ1v) is 14.4. The van der Waals surface area contributed by atoms with E-state index in [-0.39, 0.29) is 17.2 Å². The molecule has 1 fully saturated rings. The minimum absolute atomic E-state index is 0.0461. The summed E-state index contributed by atoms with van der Waals surface area (Å²) in [5.74, 6) is 1.61. The van der Waals surface area contributed by atoms with Gasteiger partial charge >= 0.3 is 0 Å². The Labute approximate surface area is 237 Å². The van der Waals surface area contributed by atoms with Crippen molar-refractivity contribution in [3.63, 3.8) is 0 Å². The number of fused-ring (bicyclic) bond motifs is 1. The summed E-state index contributed by atoms with van der Waals surface area (Å²) >= 11 is 0. The lowest BCUT2D eigenvalue weighted by atomic mass is 9.75. The number of amides is 2. The van der Waals surface area contributed by atoms with Crippen molar-refractivity contribution in [2.45, 2.75) is 45.6 Å². The fraction of sp³-hybridized carbons (Fsp3) is 0.438. The zero-order valence-corrected chi connectivity index (χ0v) is 23.4. The number of hydrogen-bond acceptors (Lipinski definition) is 6. The second-order valence-corrected chi connectivity index (χ2v) is 10.9. The van der Waals surface area contributed by atoms with Gasteiger partial charge in [0.15, 0.2) is 0 Å². The van der Waals surface area contributed by atoms with Crippen molar-refractivity contribution in [2.75, 3.05) is 44.2 Å². The summed E-state index contributed by atoms with van der Waals surface area (Å²) in [6, 6.07) is 17.7. The average Bonchev–Trinajstić information content (AvgIpc) is 3.02. The molecule has 2 aliphatic rings. The molecule has 2 amide bonds. The zero-order valence-electron chi connectivity index (χ0n) is 23.4. The van der Waals surface area contributed by atoms with Crippen molar-refractivity contribution in [3.05, 3.63) is 84.3 Å². The molecule has 3 heterocycles. The Morgan fingerprint density at radius 3 is 2.45 bits per heavy atom. The minimum Gasteiger partial charge on any atom is -0.492 e. The number of carbonyl (C=O) groups excluding carboxylic acids is 2. The second-order valence-electron chi connectivity index (χ2n) is 10.9. The number of anilines is 1. The summed E-state index contributed by atoms with van der Waals surface area (Å²) in [7, 11) is 0. The number of para-hydroxylation sites is 1. The van der Waals surface area contributed by atoms with E-state index in [1.165, 1.54) is 0 Å². The number of aromatic nitrogens is 2. The first kappa shape index (κ1) is 27.6. The van der Waals surface area contributed by atoms with Crippen LogP contribution in [0.1, 0.15) is 54.9 Å². The highest BCUT2D eigenvalue weighted by Crippen LogP contribution is 2.38. The number of nitrogens with zero attached hydrogens (tertiary/aromatic N) is 5.